The summed E-state index contributed by atoms with van der Waals surface area (Å²) >= 11 is 0. The van der Waals surface area contributed by atoms with Crippen LogP contribution in [0.15, 0.2) is 0 Å². The molecule has 0 atom stereocenters. The zero-order chi connectivity index (χ0) is 0. The summed E-state index contributed by atoms with van der Waals surface area (Å²) in [6.45, 7) is 0. The van der Waals surface area contributed by atoms with E-state index in [4.69, 9.17) is 0 Å². The van der Waals surface area contributed by atoms with Crippen molar-refractivity contribution in [3.05, 3.63) is 0 Å². The molecule has 0 nitrogen and oxygen atoms in total. The van der Waals surface area contributed by atoms with Crippen molar-refractivity contribution < 1.29 is 52.0 Å². The van der Waals surface area contributed by atoms with Crippen molar-refractivity contribution in [2.24, 2.45) is 0 Å². The van der Waals surface area contributed by atoms with Gasteiger partial charge in [-0.2, -0.15) is 0 Å². The average molecular weight is 333 g/mol. The summed E-state index contributed by atoms with van der Waals surface area (Å²) in [5.74, 6) is 0. The first-order valence-corrected chi connectivity index (χ1v) is 0. The molecule has 0 N–H and O–H groups in total. The summed E-state index contributed by atoms with van der Waals surface area (Å²) < 4.78 is 0. The normalized spacial score (nSPS) is 0. The van der Waals surface area contributed by atoms with Gasteiger partial charge in [-0.05, 0) is 0 Å². The summed E-state index contributed by atoms with van der Waals surface area (Å²) in [4.78, 5) is 0. The quantitative estimate of drug-likeness (QED) is 0.549. The third-order valence-electron chi connectivity index (χ3n) is 0. The Hall–Kier alpha value is 2.58. The van der Waals surface area contributed by atoms with Crippen molar-refractivity contribution >= 4 is 29.8 Å². The number of halogens is 1. The largest absolute Gasteiger partial charge is 0.147 e. The van der Waals surface area contributed by atoms with Crippen LogP contribution >= 0.6 is 12.4 Å². The van der Waals surface area contributed by atoms with Crippen molar-refractivity contribution in [1.82, 2.24) is 0 Å². The van der Waals surface area contributed by atoms with Crippen LogP contribution in [0.5, 0.6) is 0 Å². The summed E-state index contributed by atoms with van der Waals surface area (Å²) in [5, 5.41) is 0. The monoisotopic (exact) mass is 333 g/mol. The molecule has 0 bridgehead atoms. The molecule has 0 aliphatic heterocycles. The molecule has 0 aromatic rings. The zero-order valence-electron chi connectivity index (χ0n) is 1.99. The second kappa shape index (κ2) is 17.6. The van der Waals surface area contributed by atoms with Crippen LogP contribution in [0, 0.1) is 0 Å². The first-order valence-electron chi connectivity index (χ1n) is 0. The maximum atomic E-state index is 0. The molecule has 3 radical (unpaired) electrons. The third-order valence-corrected chi connectivity index (χ3v) is 0. The fourth-order valence-corrected chi connectivity index (χ4v) is 0. The van der Waals surface area contributed by atoms with Crippen LogP contribution in [0.3, 0.4) is 0 Å². The maximum absolute atomic E-state index is 0. The van der Waals surface area contributed by atoms with Gasteiger partial charge in [0, 0.05) is 69.4 Å². The van der Waals surface area contributed by atoms with Gasteiger partial charge in [0.05, 0.1) is 0 Å². The van der Waals surface area contributed by atoms with Gasteiger partial charge in [-0.15, -0.1) is 12.4 Å². The molecule has 4 heavy (non-hydrogen) atoms. The second-order valence-electron chi connectivity index (χ2n) is 0. The summed E-state index contributed by atoms with van der Waals surface area (Å²) in [7, 11) is 0. The Balaban J connectivity index is 0. The van der Waals surface area contributed by atoms with E-state index in [-0.39, 0.29) is 81.8 Å². The Labute approximate surface area is 80.6 Å². The van der Waals surface area contributed by atoms with Crippen molar-refractivity contribution in [3.63, 3.8) is 0 Å². The van der Waals surface area contributed by atoms with E-state index in [1.54, 1.807) is 0 Å². The molecule has 0 aromatic carbocycles. The smallest absolute Gasteiger partial charge is 0 e. The molecule has 0 rings (SSSR count). The molecule has 0 saturated heterocycles. The molecule has 4 heteroatoms. The fourth-order valence-electron chi connectivity index (χ4n) is 0. The van der Waals surface area contributed by atoms with Gasteiger partial charge in [-0.1, -0.05) is 0 Å². The maximum Gasteiger partial charge on any atom is 0 e. The van der Waals surface area contributed by atoms with E-state index in [9.17, 15) is 0 Å². The Morgan fingerprint density at radius 2 is 1.00 bits per heavy atom. The molecule has 19 valence electrons. The van der Waals surface area contributed by atoms with Crippen molar-refractivity contribution in [2.45, 2.75) is 0 Å². The predicted octanol–water partition coefficient (Wildman–Crippen LogP) is 0.0360. The Morgan fingerprint density at radius 3 is 1.00 bits per heavy atom. The Bertz CT molecular complexity index is 8.00. The van der Waals surface area contributed by atoms with Gasteiger partial charge in [-0.3, -0.25) is 0 Å². The minimum absolute atomic E-state index is 0. The molecule has 0 aliphatic rings. The molecular formula is HAlClHfZr. The van der Waals surface area contributed by atoms with Crippen molar-refractivity contribution in [1.29, 1.82) is 0 Å². The Morgan fingerprint density at radius 1 is 1.00 bits per heavy atom. The van der Waals surface area contributed by atoms with E-state index < -0.39 is 0 Å². The van der Waals surface area contributed by atoms with Gasteiger partial charge in [0.2, 0.25) is 0 Å². The van der Waals surface area contributed by atoms with E-state index in [1.807, 2.05) is 0 Å². The van der Waals surface area contributed by atoms with Gasteiger partial charge in [0.1, 0.15) is 0 Å². The van der Waals surface area contributed by atoms with Crippen LogP contribution < -0.4 is 0 Å². The number of hydrogen-bond acceptors (Lipinski definition) is 0. The van der Waals surface area contributed by atoms with E-state index in [0.29, 0.717) is 0 Å². The SMILES string of the molecule is Cl.[Al].[Hf].[Zr]. The van der Waals surface area contributed by atoms with E-state index in [2.05, 4.69) is 0 Å². The van der Waals surface area contributed by atoms with E-state index in [1.165, 1.54) is 0 Å². The second-order valence-corrected chi connectivity index (χ2v) is 0. The van der Waals surface area contributed by atoms with Crippen LogP contribution in [0.1, 0.15) is 0 Å². The number of hydrogen-bond donors (Lipinski definition) is 0. The standard InChI is InChI=1S/Al.ClH.Hf.Zr/h;1H;;. The van der Waals surface area contributed by atoms with Crippen LogP contribution in [0.4, 0.5) is 0 Å². The molecule has 0 aliphatic carbocycles. The van der Waals surface area contributed by atoms with Gasteiger partial charge >= 0.3 is 0 Å². The molecule has 0 spiro atoms. The van der Waals surface area contributed by atoms with Crippen LogP contribution in [-0.2, 0) is 52.0 Å². The van der Waals surface area contributed by atoms with Crippen LogP contribution in [-0.4, -0.2) is 17.4 Å². The minimum atomic E-state index is 0. The van der Waals surface area contributed by atoms with Crippen molar-refractivity contribution in [3.8, 4) is 0 Å². The molecule has 0 saturated carbocycles. The molecule has 0 unspecified atom stereocenters. The van der Waals surface area contributed by atoms with E-state index >= 15 is 0 Å². The molecular weight excluding hydrogens is 332 g/mol. The predicted molar refractivity (Wildman–Crippen MR) is 13.0 cm³/mol. The number of rotatable bonds is 0. The molecule has 0 fully saturated rings. The topological polar surface area (TPSA) is 0 Å². The minimum Gasteiger partial charge on any atom is -0.147 e. The molecule has 0 aromatic heterocycles. The van der Waals surface area contributed by atoms with Gasteiger partial charge < -0.3 is 0 Å². The van der Waals surface area contributed by atoms with Crippen molar-refractivity contribution in [2.75, 3.05) is 0 Å². The van der Waals surface area contributed by atoms with Crippen LogP contribution in [0.2, 0.25) is 0 Å². The van der Waals surface area contributed by atoms with Gasteiger partial charge in [-0.25, -0.2) is 0 Å². The molecule has 0 amide bonds. The summed E-state index contributed by atoms with van der Waals surface area (Å²) in [5.41, 5.74) is 0. The average Bonchev–Trinajstić information content (AvgIpc) is 0. The molecule has 0 heterocycles. The summed E-state index contributed by atoms with van der Waals surface area (Å²) in [6.07, 6.45) is 0. The Kier molecular flexibility index (Phi) is 136. The fraction of sp³-hybridized carbons (Fsp3) is 0. The first-order chi connectivity index (χ1) is 0. The van der Waals surface area contributed by atoms with Gasteiger partial charge in [0.25, 0.3) is 0 Å². The van der Waals surface area contributed by atoms with E-state index in [0.717, 1.165) is 0 Å². The summed E-state index contributed by atoms with van der Waals surface area (Å²) in [6, 6.07) is 0. The zero-order valence-corrected chi connectivity index (χ0v) is 10.0. The third kappa shape index (κ3) is 8.82. The van der Waals surface area contributed by atoms with Crippen LogP contribution in [0.25, 0.3) is 0 Å². The van der Waals surface area contributed by atoms with Gasteiger partial charge in [0.15, 0.2) is 0 Å². The first kappa shape index (κ1) is 30.8.